The van der Waals surface area contributed by atoms with Crippen molar-refractivity contribution in [3.8, 4) is 6.07 Å². The van der Waals surface area contributed by atoms with Crippen molar-refractivity contribution in [1.29, 1.82) is 5.26 Å². The summed E-state index contributed by atoms with van der Waals surface area (Å²) in [5.41, 5.74) is 2.23. The van der Waals surface area contributed by atoms with Gasteiger partial charge in [0.2, 0.25) is 0 Å². The smallest absolute Gasteiger partial charge is 0.130 e. The van der Waals surface area contributed by atoms with Crippen LogP contribution in [0.4, 0.5) is 4.39 Å². The van der Waals surface area contributed by atoms with Gasteiger partial charge in [0.25, 0.3) is 0 Å². The maximum absolute atomic E-state index is 14.1. The SMILES string of the molecule is C=C(C#N)/C(C)=C(\C=C/C)c1cccc(C(C)(C)F)c1. The van der Waals surface area contributed by atoms with Gasteiger partial charge in [-0.15, -0.1) is 0 Å². The Morgan fingerprint density at radius 1 is 1.40 bits per heavy atom. The zero-order valence-electron chi connectivity index (χ0n) is 12.5. The van der Waals surface area contributed by atoms with Crippen molar-refractivity contribution in [1.82, 2.24) is 0 Å². The van der Waals surface area contributed by atoms with Gasteiger partial charge in [0.05, 0.1) is 6.07 Å². The molecule has 0 aliphatic heterocycles. The molecule has 2 heteroatoms. The van der Waals surface area contributed by atoms with E-state index in [1.54, 1.807) is 6.07 Å². The standard InChI is InChI=1S/C18H20FN/c1-6-8-17(14(3)13(2)12-20)15-9-7-10-16(11-15)18(4,5)19/h6-11H,2H2,1,3-5H3/b8-6-,17-14+. The summed E-state index contributed by atoms with van der Waals surface area (Å²) in [6, 6.07) is 9.40. The van der Waals surface area contributed by atoms with Gasteiger partial charge in [0, 0.05) is 5.57 Å². The third kappa shape index (κ3) is 3.68. The molecule has 1 nitrogen and oxygen atoms in total. The summed E-state index contributed by atoms with van der Waals surface area (Å²) in [7, 11) is 0. The summed E-state index contributed by atoms with van der Waals surface area (Å²) >= 11 is 0. The van der Waals surface area contributed by atoms with Crippen LogP contribution < -0.4 is 0 Å². The number of nitriles is 1. The van der Waals surface area contributed by atoms with Gasteiger partial charge >= 0.3 is 0 Å². The van der Waals surface area contributed by atoms with Gasteiger partial charge in [0.15, 0.2) is 0 Å². The molecule has 0 amide bonds. The van der Waals surface area contributed by atoms with Crippen molar-refractivity contribution < 1.29 is 4.39 Å². The number of nitrogens with zero attached hydrogens (tertiary/aromatic N) is 1. The molecule has 0 saturated carbocycles. The molecule has 1 aromatic rings. The second-order valence-electron chi connectivity index (χ2n) is 5.18. The summed E-state index contributed by atoms with van der Waals surface area (Å²) in [6.45, 7) is 10.6. The van der Waals surface area contributed by atoms with Crippen molar-refractivity contribution in [3.63, 3.8) is 0 Å². The maximum Gasteiger partial charge on any atom is 0.130 e. The molecule has 104 valence electrons. The maximum atomic E-state index is 14.1. The fourth-order valence-electron chi connectivity index (χ4n) is 1.91. The number of allylic oxidation sites excluding steroid dienone is 5. The van der Waals surface area contributed by atoms with Gasteiger partial charge in [-0.3, -0.25) is 0 Å². The van der Waals surface area contributed by atoms with Crippen molar-refractivity contribution in [3.05, 3.63) is 65.3 Å². The van der Waals surface area contributed by atoms with E-state index in [9.17, 15) is 4.39 Å². The first-order chi connectivity index (χ1) is 9.31. The molecule has 0 saturated heterocycles. The van der Waals surface area contributed by atoms with E-state index in [-0.39, 0.29) is 0 Å². The molecule has 0 N–H and O–H groups in total. The zero-order chi connectivity index (χ0) is 15.3. The molecule has 0 aromatic heterocycles. The van der Waals surface area contributed by atoms with Gasteiger partial charge in [0.1, 0.15) is 5.67 Å². The molecule has 1 aromatic carbocycles. The number of hydrogen-bond donors (Lipinski definition) is 0. The molecule has 0 aliphatic carbocycles. The summed E-state index contributed by atoms with van der Waals surface area (Å²) < 4.78 is 14.1. The minimum Gasteiger partial charge on any atom is -0.239 e. The van der Waals surface area contributed by atoms with E-state index in [4.69, 9.17) is 5.26 Å². The van der Waals surface area contributed by atoms with E-state index in [0.29, 0.717) is 11.1 Å². The van der Waals surface area contributed by atoms with Crippen LogP contribution in [-0.4, -0.2) is 0 Å². The number of hydrogen-bond acceptors (Lipinski definition) is 1. The molecule has 0 bridgehead atoms. The van der Waals surface area contributed by atoms with Crippen molar-refractivity contribution in [2.45, 2.75) is 33.4 Å². The fraction of sp³-hybridized carbons (Fsp3) is 0.278. The van der Waals surface area contributed by atoms with Gasteiger partial charge in [-0.1, -0.05) is 36.9 Å². The highest BCUT2D eigenvalue weighted by molar-refractivity contribution is 5.80. The normalized spacial score (nSPS) is 13.0. The third-order valence-corrected chi connectivity index (χ3v) is 3.18. The first kappa shape index (κ1) is 15.9. The second kappa shape index (κ2) is 6.34. The topological polar surface area (TPSA) is 23.8 Å². The number of benzene rings is 1. The summed E-state index contributed by atoms with van der Waals surface area (Å²) in [4.78, 5) is 0. The van der Waals surface area contributed by atoms with Gasteiger partial charge in [-0.2, -0.15) is 5.26 Å². The van der Waals surface area contributed by atoms with Gasteiger partial charge in [-0.05, 0) is 56.0 Å². The molecule has 0 radical (unpaired) electrons. The van der Waals surface area contributed by atoms with Crippen molar-refractivity contribution in [2.75, 3.05) is 0 Å². The molecule has 0 unspecified atom stereocenters. The first-order valence-electron chi connectivity index (χ1n) is 6.54. The third-order valence-electron chi connectivity index (χ3n) is 3.18. The van der Waals surface area contributed by atoms with E-state index < -0.39 is 5.67 Å². The van der Waals surface area contributed by atoms with Crippen molar-refractivity contribution in [2.24, 2.45) is 0 Å². The van der Waals surface area contributed by atoms with E-state index in [0.717, 1.165) is 16.7 Å². The van der Waals surface area contributed by atoms with E-state index >= 15 is 0 Å². The Bertz CT molecular complexity index is 607. The molecule has 1 rings (SSSR count). The molecule has 0 atom stereocenters. The number of alkyl halides is 1. The van der Waals surface area contributed by atoms with Crippen LogP contribution in [-0.2, 0) is 5.67 Å². The molecular weight excluding hydrogens is 249 g/mol. The molecular formula is C18H20FN. The van der Waals surface area contributed by atoms with E-state index in [2.05, 4.69) is 12.6 Å². The Hall–Kier alpha value is -2.14. The Morgan fingerprint density at radius 2 is 2.05 bits per heavy atom. The Kier molecular flexibility index (Phi) is 5.05. The molecule has 0 fully saturated rings. The summed E-state index contributed by atoms with van der Waals surface area (Å²) in [5.74, 6) is 0. The predicted octanol–water partition coefficient (Wildman–Crippen LogP) is 5.32. The highest BCUT2D eigenvalue weighted by Gasteiger charge is 2.19. The zero-order valence-corrected chi connectivity index (χ0v) is 12.5. The van der Waals surface area contributed by atoms with Crippen LogP contribution in [0.1, 0.15) is 38.8 Å². The van der Waals surface area contributed by atoms with Crippen LogP contribution in [0.25, 0.3) is 5.57 Å². The monoisotopic (exact) mass is 269 g/mol. The first-order valence-corrected chi connectivity index (χ1v) is 6.54. The lowest BCUT2D eigenvalue weighted by atomic mass is 9.92. The highest BCUT2D eigenvalue weighted by atomic mass is 19.1. The van der Waals surface area contributed by atoms with Gasteiger partial charge < -0.3 is 0 Å². The Labute approximate surface area is 120 Å². The number of rotatable bonds is 4. The second-order valence-corrected chi connectivity index (χ2v) is 5.18. The average molecular weight is 269 g/mol. The van der Waals surface area contributed by atoms with Crippen LogP contribution in [0, 0.1) is 11.3 Å². The van der Waals surface area contributed by atoms with Crippen LogP contribution in [0.15, 0.2) is 54.1 Å². The molecule has 20 heavy (non-hydrogen) atoms. The lowest BCUT2D eigenvalue weighted by Crippen LogP contribution is -2.09. The van der Waals surface area contributed by atoms with Crippen LogP contribution in [0.5, 0.6) is 0 Å². The lowest BCUT2D eigenvalue weighted by molar-refractivity contribution is 0.221. The van der Waals surface area contributed by atoms with E-state index in [1.807, 2.05) is 44.2 Å². The quantitative estimate of drug-likeness (QED) is 0.536. The predicted molar refractivity (Wildman–Crippen MR) is 82.7 cm³/mol. The van der Waals surface area contributed by atoms with Crippen LogP contribution in [0.3, 0.4) is 0 Å². The molecule has 0 heterocycles. The minimum atomic E-state index is -1.39. The number of halogens is 1. The highest BCUT2D eigenvalue weighted by Crippen LogP contribution is 2.30. The van der Waals surface area contributed by atoms with Crippen LogP contribution >= 0.6 is 0 Å². The van der Waals surface area contributed by atoms with Crippen molar-refractivity contribution >= 4 is 5.57 Å². The Balaban J connectivity index is 3.46. The summed E-state index contributed by atoms with van der Waals surface area (Å²) in [6.07, 6.45) is 3.82. The van der Waals surface area contributed by atoms with E-state index in [1.165, 1.54) is 13.8 Å². The minimum absolute atomic E-state index is 0.419. The van der Waals surface area contributed by atoms with Crippen LogP contribution in [0.2, 0.25) is 0 Å². The van der Waals surface area contributed by atoms with Gasteiger partial charge in [-0.25, -0.2) is 4.39 Å². The molecule has 0 aliphatic rings. The Morgan fingerprint density at radius 3 is 2.55 bits per heavy atom. The largest absolute Gasteiger partial charge is 0.239 e. The molecule has 0 spiro atoms. The average Bonchev–Trinajstić information content (AvgIpc) is 2.42. The fourth-order valence-corrected chi connectivity index (χ4v) is 1.91. The summed E-state index contributed by atoms with van der Waals surface area (Å²) in [5, 5.41) is 8.99. The lowest BCUT2D eigenvalue weighted by Gasteiger charge is -2.17.